The van der Waals surface area contributed by atoms with E-state index in [-0.39, 0.29) is 11.1 Å². The first kappa shape index (κ1) is 24.2. The molecule has 0 unspecified atom stereocenters. The minimum atomic E-state index is -0.542. The minimum Gasteiger partial charge on any atom is -0.456 e. The summed E-state index contributed by atoms with van der Waals surface area (Å²) in [4.78, 5) is 33.1. The quantitative estimate of drug-likeness (QED) is 0.105. The van der Waals surface area contributed by atoms with Crippen molar-refractivity contribution in [3.8, 4) is 22.5 Å². The second kappa shape index (κ2) is 9.72. The molecule has 9 heteroatoms. The Kier molecular flexibility index (Phi) is 6.52. The number of anilines is 1. The zero-order valence-electron chi connectivity index (χ0n) is 20.3. The Morgan fingerprint density at radius 3 is 2.28 bits per heavy atom. The van der Waals surface area contributed by atoms with Gasteiger partial charge in [-0.3, -0.25) is 9.59 Å². The maximum atomic E-state index is 12.9. The Hall–Kier alpha value is -4.97. The summed E-state index contributed by atoms with van der Waals surface area (Å²) < 4.78 is 8.28. The summed E-state index contributed by atoms with van der Waals surface area (Å²) in [5.41, 5.74) is 21.7. The molecule has 2 aliphatic rings. The van der Waals surface area contributed by atoms with Gasteiger partial charge >= 0.3 is 12.4 Å². The average molecular weight is 480 g/mol. The molecule has 0 saturated carbocycles. The van der Waals surface area contributed by atoms with Crippen LogP contribution in [0.5, 0.6) is 0 Å². The van der Waals surface area contributed by atoms with Crippen LogP contribution in [0.3, 0.4) is 0 Å². The lowest BCUT2D eigenvalue weighted by Gasteiger charge is -2.19. The van der Waals surface area contributed by atoms with E-state index in [9.17, 15) is 9.59 Å². The number of fused-ring (bicyclic) bond motifs is 2. The number of hydrogen-bond acceptors (Lipinski definition) is 4. The molecular weight excluding hydrogens is 456 g/mol. The van der Waals surface area contributed by atoms with Crippen molar-refractivity contribution in [2.75, 3.05) is 33.1 Å². The molecule has 1 heterocycles. The highest BCUT2D eigenvalue weighted by molar-refractivity contribution is 6.37. The molecule has 2 aromatic carbocycles. The van der Waals surface area contributed by atoms with Gasteiger partial charge < -0.3 is 20.4 Å². The molecule has 4 rings (SSSR count). The van der Waals surface area contributed by atoms with Crippen molar-refractivity contribution in [2.24, 2.45) is 0 Å². The molecule has 1 aliphatic carbocycles. The molecule has 36 heavy (non-hydrogen) atoms. The van der Waals surface area contributed by atoms with Crippen molar-refractivity contribution >= 4 is 40.7 Å². The average Bonchev–Trinajstić information content (AvgIpc) is 2.86. The van der Waals surface area contributed by atoms with Gasteiger partial charge in [-0.2, -0.15) is 9.58 Å². The smallest absolute Gasteiger partial charge is 0.328 e. The number of hydrogen-bond donors (Lipinski definition) is 0. The monoisotopic (exact) mass is 479 g/mol. The molecule has 0 amide bonds. The molecule has 0 bridgehead atoms. The van der Waals surface area contributed by atoms with E-state index in [1.54, 1.807) is 6.07 Å². The van der Waals surface area contributed by atoms with E-state index in [0.29, 0.717) is 22.5 Å². The van der Waals surface area contributed by atoms with Crippen molar-refractivity contribution in [3.05, 3.63) is 82.1 Å². The molecule has 0 fully saturated rings. The van der Waals surface area contributed by atoms with Crippen LogP contribution in [-0.2, 0) is 0 Å². The van der Waals surface area contributed by atoms with Crippen molar-refractivity contribution in [2.45, 2.75) is 0 Å². The summed E-state index contributed by atoms with van der Waals surface area (Å²) in [6.45, 7) is 0. The Balaban J connectivity index is 2.20. The maximum Gasteiger partial charge on any atom is 0.328 e. The third-order valence-corrected chi connectivity index (χ3v) is 5.91. The molecule has 2 aromatic rings. The van der Waals surface area contributed by atoms with E-state index >= 15 is 0 Å². The zero-order chi connectivity index (χ0) is 26.0. The first-order valence-electron chi connectivity index (χ1n) is 11.0. The fourth-order valence-electron chi connectivity index (χ4n) is 4.08. The van der Waals surface area contributed by atoms with E-state index < -0.39 is 11.6 Å². The number of carbonyl (C=O) groups excluding carboxylic acids is 2. The number of Topliss-reactive ketones (excluding diaryl/α,β-unsaturated/α-hetero) is 2. The number of rotatable bonds is 6. The lowest BCUT2D eigenvalue weighted by molar-refractivity contribution is 0.00211. The highest BCUT2D eigenvalue weighted by Crippen LogP contribution is 2.42. The van der Waals surface area contributed by atoms with E-state index in [1.807, 2.05) is 74.1 Å². The summed E-state index contributed by atoms with van der Waals surface area (Å²) >= 11 is 0. The van der Waals surface area contributed by atoms with Crippen molar-refractivity contribution < 1.29 is 23.6 Å². The van der Waals surface area contributed by atoms with Gasteiger partial charge in [0.25, 0.3) is 11.6 Å². The molecule has 9 nitrogen and oxygen atoms in total. The number of ketones is 2. The van der Waals surface area contributed by atoms with Gasteiger partial charge in [0.05, 0.1) is 6.07 Å². The summed E-state index contributed by atoms with van der Waals surface area (Å²) in [6.07, 6.45) is 1.60. The normalized spacial score (nSPS) is 10.4. The summed E-state index contributed by atoms with van der Waals surface area (Å²) in [5.74, 6) is -0.491. The lowest BCUT2D eigenvalue weighted by Crippen LogP contribution is -2.21. The third kappa shape index (κ3) is 4.40. The van der Waals surface area contributed by atoms with E-state index in [0.717, 1.165) is 34.4 Å². The molecule has 0 atom stereocenters. The van der Waals surface area contributed by atoms with Crippen molar-refractivity contribution in [3.63, 3.8) is 0 Å². The molecule has 0 aromatic heterocycles. The largest absolute Gasteiger partial charge is 0.456 e. The SMILES string of the molecule is CN(C)c1ccc2c(-c3cc(C(=O)C=[N+]=[N-])ccc3C(=O)C=[N+]=[N-])c3ccc(=[N+](C)C)cc-3oc2c1. The first-order chi connectivity index (χ1) is 17.2. The topological polar surface area (TPSA) is 126 Å². The highest BCUT2D eigenvalue weighted by Gasteiger charge is 2.24. The van der Waals surface area contributed by atoms with Crippen LogP contribution in [-0.4, -0.2) is 61.8 Å². The minimum absolute atomic E-state index is 0.220. The maximum absolute atomic E-state index is 12.9. The molecule has 0 spiro atoms. The van der Waals surface area contributed by atoms with E-state index in [1.165, 1.54) is 12.1 Å². The third-order valence-electron chi connectivity index (χ3n) is 5.91. The molecular formula is C27H23N6O3+. The number of benzene rings is 3. The van der Waals surface area contributed by atoms with Crippen LogP contribution >= 0.6 is 0 Å². The second-order valence-corrected chi connectivity index (χ2v) is 8.60. The standard InChI is InChI=1S/C27H23N6O3/c1-32(2)17-6-9-20-25(12-17)36-26-13-18(33(3)4)7-10-21(26)27(20)22-11-16(23(34)14-30-28)5-8-19(22)24(35)15-31-29/h5-15H,1-4H3/q+1. The van der Waals surface area contributed by atoms with Gasteiger partial charge in [-0.15, -0.1) is 0 Å². The predicted octanol–water partition coefficient (Wildman–Crippen LogP) is 3.27. The molecule has 0 radical (unpaired) electrons. The second-order valence-electron chi connectivity index (χ2n) is 8.60. The Morgan fingerprint density at radius 1 is 0.889 bits per heavy atom. The van der Waals surface area contributed by atoms with E-state index in [2.05, 4.69) is 9.58 Å². The fraction of sp³-hybridized carbons (Fsp3) is 0.148. The van der Waals surface area contributed by atoms with E-state index in [4.69, 9.17) is 15.5 Å². The molecule has 0 saturated heterocycles. The molecule has 1 aliphatic heterocycles. The van der Waals surface area contributed by atoms with Crippen LogP contribution in [0, 0.1) is 0 Å². The van der Waals surface area contributed by atoms with Gasteiger partial charge in [-0.1, -0.05) is 0 Å². The van der Waals surface area contributed by atoms with Gasteiger partial charge in [0.1, 0.15) is 25.4 Å². The van der Waals surface area contributed by atoms with Crippen molar-refractivity contribution in [1.29, 1.82) is 0 Å². The Morgan fingerprint density at radius 2 is 1.61 bits per heavy atom. The number of carbonyl (C=O) groups is 2. The van der Waals surface area contributed by atoms with Gasteiger partial charge in [0, 0.05) is 59.6 Å². The van der Waals surface area contributed by atoms with Crippen molar-refractivity contribution in [1.82, 2.24) is 4.58 Å². The van der Waals surface area contributed by atoms with Crippen LogP contribution in [0.15, 0.2) is 59.0 Å². The Labute approximate surface area is 206 Å². The van der Waals surface area contributed by atoms with Crippen LogP contribution in [0.1, 0.15) is 20.7 Å². The summed E-state index contributed by atoms with van der Waals surface area (Å²) in [7, 11) is 7.71. The van der Waals surface area contributed by atoms with Crippen LogP contribution in [0.4, 0.5) is 5.69 Å². The van der Waals surface area contributed by atoms with Gasteiger partial charge in [-0.25, -0.2) is 4.58 Å². The van der Waals surface area contributed by atoms with Crippen LogP contribution in [0.25, 0.3) is 44.5 Å². The van der Waals surface area contributed by atoms with Crippen LogP contribution in [0.2, 0.25) is 0 Å². The lowest BCUT2D eigenvalue weighted by atomic mass is 9.88. The first-order valence-corrected chi connectivity index (χ1v) is 11.0. The highest BCUT2D eigenvalue weighted by atomic mass is 16.3. The van der Waals surface area contributed by atoms with Gasteiger partial charge in [0.15, 0.2) is 0 Å². The molecule has 178 valence electrons. The predicted molar refractivity (Wildman–Crippen MR) is 138 cm³/mol. The summed E-state index contributed by atoms with van der Waals surface area (Å²) in [6, 6.07) is 16.0. The zero-order valence-corrected chi connectivity index (χ0v) is 20.3. The van der Waals surface area contributed by atoms with Gasteiger partial charge in [0.2, 0.25) is 5.36 Å². The number of nitrogens with zero attached hydrogens (tertiary/aromatic N) is 6. The fourth-order valence-corrected chi connectivity index (χ4v) is 4.08. The van der Waals surface area contributed by atoms with Gasteiger partial charge in [-0.05, 0) is 42.0 Å². The van der Waals surface area contributed by atoms with Crippen LogP contribution < -0.4 is 14.8 Å². The molecule has 0 N–H and O–H groups in total. The Bertz CT molecular complexity index is 1680. The summed E-state index contributed by atoms with van der Waals surface area (Å²) in [5, 5.41) is 1.65.